The predicted molar refractivity (Wildman–Crippen MR) is 80.0 cm³/mol. The summed E-state index contributed by atoms with van der Waals surface area (Å²) < 4.78 is 31.7. The van der Waals surface area contributed by atoms with Crippen LogP contribution in [0.25, 0.3) is 11.1 Å². The van der Waals surface area contributed by atoms with E-state index >= 15 is 0 Å². The number of benzene rings is 1. The Balaban J connectivity index is 1.68. The van der Waals surface area contributed by atoms with Crippen molar-refractivity contribution in [3.63, 3.8) is 0 Å². The molecule has 2 N–H and O–H groups in total. The molecule has 3 rings (SSSR count). The van der Waals surface area contributed by atoms with E-state index < -0.39 is 15.8 Å². The minimum absolute atomic E-state index is 0.278. The van der Waals surface area contributed by atoms with Gasteiger partial charge in [0.05, 0.1) is 5.52 Å². The van der Waals surface area contributed by atoms with Crippen molar-refractivity contribution < 1.29 is 12.8 Å². The van der Waals surface area contributed by atoms with Gasteiger partial charge in [-0.15, -0.1) is 11.3 Å². The van der Waals surface area contributed by atoms with Crippen LogP contribution < -0.4 is 10.5 Å². The molecule has 0 amide bonds. The minimum atomic E-state index is -3.44. The van der Waals surface area contributed by atoms with E-state index in [4.69, 9.17) is 4.42 Å². The summed E-state index contributed by atoms with van der Waals surface area (Å²) >= 11 is 1.18. The average Bonchev–Trinajstić information content (AvgIpc) is 3.06. The van der Waals surface area contributed by atoms with Crippen LogP contribution in [-0.2, 0) is 16.4 Å². The van der Waals surface area contributed by atoms with Gasteiger partial charge < -0.3 is 4.42 Å². The van der Waals surface area contributed by atoms with Gasteiger partial charge in [-0.05, 0) is 35.6 Å². The van der Waals surface area contributed by atoms with Gasteiger partial charge in [0.2, 0.25) is 10.0 Å². The Morgan fingerprint density at radius 1 is 1.29 bits per heavy atom. The Bertz CT molecular complexity index is 907. The zero-order valence-corrected chi connectivity index (χ0v) is 12.5. The van der Waals surface area contributed by atoms with Gasteiger partial charge in [-0.2, -0.15) is 0 Å². The van der Waals surface area contributed by atoms with E-state index in [2.05, 4.69) is 9.71 Å². The molecule has 0 saturated heterocycles. The number of oxazole rings is 1. The molecule has 0 aliphatic rings. The number of H-pyrrole nitrogens is 1. The first-order chi connectivity index (χ1) is 10.0. The van der Waals surface area contributed by atoms with Crippen molar-refractivity contribution in [1.82, 2.24) is 9.71 Å². The first kappa shape index (κ1) is 14.1. The molecule has 0 bridgehead atoms. The van der Waals surface area contributed by atoms with Crippen LogP contribution in [0.15, 0.2) is 49.1 Å². The minimum Gasteiger partial charge on any atom is -0.408 e. The number of nitrogens with one attached hydrogen (secondary N) is 2. The van der Waals surface area contributed by atoms with Crippen molar-refractivity contribution in [3.05, 3.63) is 51.8 Å². The molecule has 110 valence electrons. The van der Waals surface area contributed by atoms with Crippen molar-refractivity contribution in [3.8, 4) is 0 Å². The lowest BCUT2D eigenvalue weighted by atomic mass is 10.1. The topological polar surface area (TPSA) is 92.2 Å². The Labute approximate surface area is 124 Å². The third-order valence-corrected chi connectivity index (χ3v) is 5.81. The summed E-state index contributed by atoms with van der Waals surface area (Å²) in [6.45, 7) is 0.278. The largest absolute Gasteiger partial charge is 0.417 e. The molecule has 2 aromatic heterocycles. The van der Waals surface area contributed by atoms with Crippen LogP contribution in [0, 0.1) is 0 Å². The maximum absolute atomic E-state index is 11.9. The van der Waals surface area contributed by atoms with Gasteiger partial charge in [0.15, 0.2) is 5.58 Å². The van der Waals surface area contributed by atoms with E-state index in [1.807, 2.05) is 6.07 Å². The second-order valence-electron chi connectivity index (χ2n) is 4.42. The van der Waals surface area contributed by atoms with Crippen molar-refractivity contribution in [1.29, 1.82) is 0 Å². The van der Waals surface area contributed by atoms with E-state index in [0.717, 1.165) is 5.56 Å². The molecular weight excluding hydrogens is 312 g/mol. The molecule has 21 heavy (non-hydrogen) atoms. The number of fused-ring (bicyclic) bond motifs is 1. The normalized spacial score (nSPS) is 12.0. The first-order valence-corrected chi connectivity index (χ1v) is 8.56. The third kappa shape index (κ3) is 3.07. The first-order valence-electron chi connectivity index (χ1n) is 6.19. The summed E-state index contributed by atoms with van der Waals surface area (Å²) in [6, 6.07) is 8.55. The molecule has 0 aliphatic carbocycles. The van der Waals surface area contributed by atoms with Crippen LogP contribution in [0.4, 0.5) is 0 Å². The molecule has 0 atom stereocenters. The lowest BCUT2D eigenvalue weighted by molar-refractivity contribution is 0.555. The number of aromatic nitrogens is 1. The summed E-state index contributed by atoms with van der Waals surface area (Å²) in [5.41, 5.74) is 1.99. The standard InChI is InChI=1S/C13H12N2O4S2/c16-13-15-10-4-3-9(8-11(10)19-13)5-6-14-21(17,18)12-2-1-7-20-12/h1-4,7-8,14H,5-6H2,(H,15,16). The molecule has 6 nitrogen and oxygen atoms in total. The molecule has 2 heterocycles. The smallest absolute Gasteiger partial charge is 0.408 e. The molecule has 0 saturated carbocycles. The molecular formula is C13H12N2O4S2. The Kier molecular flexibility index (Phi) is 3.66. The van der Waals surface area contributed by atoms with Crippen LogP contribution in [0.3, 0.4) is 0 Å². The van der Waals surface area contributed by atoms with Gasteiger partial charge in [0.1, 0.15) is 4.21 Å². The maximum Gasteiger partial charge on any atom is 0.417 e. The van der Waals surface area contributed by atoms with Crippen molar-refractivity contribution in [2.45, 2.75) is 10.6 Å². The lowest BCUT2D eigenvalue weighted by Crippen LogP contribution is -2.25. The summed E-state index contributed by atoms with van der Waals surface area (Å²) in [5, 5.41) is 1.72. The van der Waals surface area contributed by atoms with Crippen molar-refractivity contribution >= 4 is 32.5 Å². The molecule has 0 fully saturated rings. The zero-order valence-electron chi connectivity index (χ0n) is 10.8. The van der Waals surface area contributed by atoms with Crippen molar-refractivity contribution in [2.24, 2.45) is 0 Å². The fourth-order valence-corrected chi connectivity index (χ4v) is 4.03. The summed E-state index contributed by atoms with van der Waals surface area (Å²) in [4.78, 5) is 13.6. The molecule has 3 aromatic rings. The van der Waals surface area contributed by atoms with E-state index in [1.165, 1.54) is 11.3 Å². The highest BCUT2D eigenvalue weighted by molar-refractivity contribution is 7.91. The van der Waals surface area contributed by atoms with Crippen LogP contribution in [0.1, 0.15) is 5.56 Å². The lowest BCUT2D eigenvalue weighted by Gasteiger charge is -2.04. The SMILES string of the molecule is O=c1[nH]c2ccc(CCNS(=O)(=O)c3cccs3)cc2o1. The van der Waals surface area contributed by atoms with E-state index in [9.17, 15) is 13.2 Å². The summed E-state index contributed by atoms with van der Waals surface area (Å²) in [7, 11) is -3.44. The molecule has 8 heteroatoms. The second-order valence-corrected chi connectivity index (χ2v) is 7.37. The molecule has 0 radical (unpaired) electrons. The summed E-state index contributed by atoms with van der Waals surface area (Å²) in [5.74, 6) is -0.499. The Hall–Kier alpha value is -1.90. The molecule has 0 aliphatic heterocycles. The van der Waals surface area contributed by atoms with Gasteiger partial charge in [-0.25, -0.2) is 17.9 Å². The monoisotopic (exact) mass is 324 g/mol. The zero-order chi connectivity index (χ0) is 14.9. The average molecular weight is 324 g/mol. The fourth-order valence-electron chi connectivity index (χ4n) is 1.96. The fraction of sp³-hybridized carbons (Fsp3) is 0.154. The Morgan fingerprint density at radius 2 is 2.14 bits per heavy atom. The van der Waals surface area contributed by atoms with Gasteiger partial charge in [-0.3, -0.25) is 4.98 Å². The number of hydrogen-bond acceptors (Lipinski definition) is 5. The van der Waals surface area contributed by atoms with Crippen molar-refractivity contribution in [2.75, 3.05) is 6.54 Å². The highest BCUT2D eigenvalue weighted by Crippen LogP contribution is 2.16. The van der Waals surface area contributed by atoms with Gasteiger partial charge in [0.25, 0.3) is 0 Å². The number of sulfonamides is 1. The quantitative estimate of drug-likeness (QED) is 0.747. The molecule has 0 spiro atoms. The number of aromatic amines is 1. The highest BCUT2D eigenvalue weighted by Gasteiger charge is 2.14. The predicted octanol–water partition coefficient (Wildman–Crippen LogP) is 1.70. The van der Waals surface area contributed by atoms with E-state index in [1.54, 1.807) is 29.6 Å². The highest BCUT2D eigenvalue weighted by atomic mass is 32.2. The molecule has 1 aromatic carbocycles. The van der Waals surface area contributed by atoms with E-state index in [-0.39, 0.29) is 6.54 Å². The van der Waals surface area contributed by atoms with Crippen LogP contribution >= 0.6 is 11.3 Å². The van der Waals surface area contributed by atoms with E-state index in [0.29, 0.717) is 21.7 Å². The Morgan fingerprint density at radius 3 is 2.90 bits per heavy atom. The number of rotatable bonds is 5. The van der Waals surface area contributed by atoms with Gasteiger partial charge >= 0.3 is 5.76 Å². The summed E-state index contributed by atoms with van der Waals surface area (Å²) in [6.07, 6.45) is 0.509. The maximum atomic E-state index is 11.9. The van der Waals surface area contributed by atoms with Crippen LogP contribution in [0.2, 0.25) is 0 Å². The number of hydrogen-bond donors (Lipinski definition) is 2. The van der Waals surface area contributed by atoms with Gasteiger partial charge in [-0.1, -0.05) is 12.1 Å². The molecule has 0 unspecified atom stereocenters. The van der Waals surface area contributed by atoms with Crippen LogP contribution in [-0.4, -0.2) is 19.9 Å². The van der Waals surface area contributed by atoms with Gasteiger partial charge in [0, 0.05) is 6.54 Å². The third-order valence-electron chi connectivity index (χ3n) is 2.95. The van der Waals surface area contributed by atoms with Crippen LogP contribution in [0.5, 0.6) is 0 Å². The number of thiophene rings is 1. The second kappa shape index (κ2) is 5.47.